The van der Waals surface area contributed by atoms with Crippen LogP contribution in [0.1, 0.15) is 13.8 Å². The third kappa shape index (κ3) is 7.24. The van der Waals surface area contributed by atoms with Gasteiger partial charge in [-0.25, -0.2) is 0 Å². The minimum absolute atomic E-state index is 1.01. The first-order valence-corrected chi connectivity index (χ1v) is 2.86. The fourth-order valence-electron chi connectivity index (χ4n) is 0.360. The molecule has 0 bridgehead atoms. The Kier molecular flexibility index (Phi) is 3.80. The number of nitrogens with zero attached hydrogens (tertiary/aromatic N) is 1. The molecular formula is C7H13NO. The highest BCUT2D eigenvalue weighted by Crippen LogP contribution is 1.88. The highest BCUT2D eigenvalue weighted by molar-refractivity contribution is 5.06. The molecule has 0 atom stereocenters. The molecule has 0 aliphatic heterocycles. The van der Waals surface area contributed by atoms with Crippen molar-refractivity contribution in [2.45, 2.75) is 13.8 Å². The zero-order valence-electron chi connectivity index (χ0n) is 6.13. The number of hydrogen-bond donors (Lipinski definition) is 1. The minimum Gasteiger partial charge on any atom is -0.289 e. The van der Waals surface area contributed by atoms with Crippen LogP contribution in [0.25, 0.3) is 0 Å². The van der Waals surface area contributed by atoms with Gasteiger partial charge in [-0.1, -0.05) is 11.6 Å². The van der Waals surface area contributed by atoms with E-state index in [2.05, 4.69) is 0 Å². The number of allylic oxidation sites excluding steroid dienone is 3. The van der Waals surface area contributed by atoms with Crippen LogP contribution >= 0.6 is 0 Å². The summed E-state index contributed by atoms with van der Waals surface area (Å²) >= 11 is 0. The molecule has 2 heteroatoms. The van der Waals surface area contributed by atoms with Crippen LogP contribution in [0.5, 0.6) is 0 Å². The Morgan fingerprint density at radius 3 is 2.33 bits per heavy atom. The lowest BCUT2D eigenvalue weighted by atomic mass is 10.3. The Morgan fingerprint density at radius 2 is 2.00 bits per heavy atom. The van der Waals surface area contributed by atoms with Crippen LogP contribution in [0.2, 0.25) is 0 Å². The van der Waals surface area contributed by atoms with Gasteiger partial charge in [-0.2, -0.15) is 0 Å². The van der Waals surface area contributed by atoms with E-state index >= 15 is 0 Å². The van der Waals surface area contributed by atoms with Crippen LogP contribution in [0.4, 0.5) is 0 Å². The summed E-state index contributed by atoms with van der Waals surface area (Å²) in [5, 5.41) is 9.60. The molecule has 9 heavy (non-hydrogen) atoms. The van der Waals surface area contributed by atoms with E-state index < -0.39 is 0 Å². The van der Waals surface area contributed by atoms with Gasteiger partial charge in [0.2, 0.25) is 0 Å². The maximum atomic E-state index is 8.58. The van der Waals surface area contributed by atoms with E-state index in [1.165, 1.54) is 5.57 Å². The van der Waals surface area contributed by atoms with E-state index in [0.717, 1.165) is 5.06 Å². The molecule has 0 fully saturated rings. The minimum atomic E-state index is 1.01. The standard InChI is InChI=1S/C7H13NO/c1-7(2)5-4-6-8(3)9/h4-6,9H,1-3H3/b6-4-. The zero-order valence-corrected chi connectivity index (χ0v) is 6.13. The molecule has 0 aliphatic carbocycles. The fourth-order valence-corrected chi connectivity index (χ4v) is 0.360. The largest absolute Gasteiger partial charge is 0.289 e. The van der Waals surface area contributed by atoms with E-state index in [1.807, 2.05) is 19.9 Å². The van der Waals surface area contributed by atoms with Crippen LogP contribution in [0.3, 0.4) is 0 Å². The van der Waals surface area contributed by atoms with Crippen molar-refractivity contribution < 1.29 is 5.21 Å². The van der Waals surface area contributed by atoms with Gasteiger partial charge in [-0.05, 0) is 19.9 Å². The van der Waals surface area contributed by atoms with E-state index in [1.54, 1.807) is 19.3 Å². The second-order valence-corrected chi connectivity index (χ2v) is 2.16. The molecule has 0 rings (SSSR count). The van der Waals surface area contributed by atoms with Gasteiger partial charge in [0, 0.05) is 13.2 Å². The molecule has 0 unspecified atom stereocenters. The normalized spacial score (nSPS) is 9.78. The molecule has 2 nitrogen and oxygen atoms in total. The summed E-state index contributed by atoms with van der Waals surface area (Å²) in [6, 6.07) is 0. The van der Waals surface area contributed by atoms with Crippen LogP contribution in [-0.2, 0) is 0 Å². The molecule has 0 radical (unpaired) electrons. The van der Waals surface area contributed by atoms with Gasteiger partial charge in [-0.3, -0.25) is 10.3 Å². The first kappa shape index (κ1) is 8.24. The van der Waals surface area contributed by atoms with E-state index in [9.17, 15) is 0 Å². The molecular weight excluding hydrogens is 114 g/mol. The molecule has 0 saturated heterocycles. The van der Waals surface area contributed by atoms with Gasteiger partial charge < -0.3 is 0 Å². The van der Waals surface area contributed by atoms with E-state index in [-0.39, 0.29) is 0 Å². The maximum Gasteiger partial charge on any atom is 0.0334 e. The van der Waals surface area contributed by atoms with Crippen molar-refractivity contribution in [3.8, 4) is 0 Å². The number of hydroxylamine groups is 2. The first-order valence-electron chi connectivity index (χ1n) is 2.86. The lowest BCUT2D eigenvalue weighted by Crippen LogP contribution is -2.00. The van der Waals surface area contributed by atoms with Crippen LogP contribution in [-0.4, -0.2) is 17.3 Å². The molecule has 0 heterocycles. The van der Waals surface area contributed by atoms with E-state index in [0.29, 0.717) is 0 Å². The van der Waals surface area contributed by atoms with Crippen molar-refractivity contribution in [2.24, 2.45) is 0 Å². The molecule has 0 aromatic heterocycles. The van der Waals surface area contributed by atoms with Gasteiger partial charge in [0.25, 0.3) is 0 Å². The second-order valence-electron chi connectivity index (χ2n) is 2.16. The summed E-state index contributed by atoms with van der Waals surface area (Å²) < 4.78 is 0. The third-order valence-corrected chi connectivity index (χ3v) is 0.731. The van der Waals surface area contributed by atoms with E-state index in [4.69, 9.17) is 5.21 Å². The van der Waals surface area contributed by atoms with Crippen molar-refractivity contribution in [1.82, 2.24) is 5.06 Å². The average Bonchev–Trinajstić information content (AvgIpc) is 1.63. The Labute approximate surface area is 56.1 Å². The van der Waals surface area contributed by atoms with Crippen LogP contribution in [0, 0.1) is 0 Å². The van der Waals surface area contributed by atoms with Gasteiger partial charge in [0.1, 0.15) is 0 Å². The van der Waals surface area contributed by atoms with Crippen molar-refractivity contribution in [1.29, 1.82) is 0 Å². The van der Waals surface area contributed by atoms with Crippen LogP contribution < -0.4 is 0 Å². The molecule has 0 aliphatic rings. The Balaban J connectivity index is 3.60. The summed E-state index contributed by atoms with van der Waals surface area (Å²) in [5.41, 5.74) is 1.22. The quantitative estimate of drug-likeness (QED) is 0.451. The number of rotatable bonds is 2. The van der Waals surface area contributed by atoms with Crippen molar-refractivity contribution in [3.63, 3.8) is 0 Å². The SMILES string of the molecule is CC(C)=C/C=C\N(C)O. The lowest BCUT2D eigenvalue weighted by Gasteiger charge is -1.98. The zero-order chi connectivity index (χ0) is 7.28. The molecule has 0 amide bonds. The van der Waals surface area contributed by atoms with Gasteiger partial charge in [-0.15, -0.1) is 0 Å². The van der Waals surface area contributed by atoms with Gasteiger partial charge in [0.05, 0.1) is 0 Å². The summed E-state index contributed by atoms with van der Waals surface area (Å²) in [5.74, 6) is 0. The lowest BCUT2D eigenvalue weighted by molar-refractivity contribution is -0.0128. The fraction of sp³-hybridized carbons (Fsp3) is 0.429. The molecule has 0 spiro atoms. The molecule has 1 N–H and O–H groups in total. The number of hydrogen-bond acceptors (Lipinski definition) is 2. The summed E-state index contributed by atoms with van der Waals surface area (Å²) in [4.78, 5) is 0. The van der Waals surface area contributed by atoms with Crippen LogP contribution in [0.15, 0.2) is 23.9 Å². The average molecular weight is 127 g/mol. The van der Waals surface area contributed by atoms with Crippen molar-refractivity contribution in [3.05, 3.63) is 23.9 Å². The second kappa shape index (κ2) is 4.15. The summed E-state index contributed by atoms with van der Waals surface area (Å²) in [7, 11) is 1.56. The highest BCUT2D eigenvalue weighted by Gasteiger charge is 1.73. The molecule has 52 valence electrons. The molecule has 0 aromatic rings. The summed E-state index contributed by atoms with van der Waals surface area (Å²) in [6.45, 7) is 4.00. The first-order chi connectivity index (χ1) is 4.13. The Morgan fingerprint density at radius 1 is 1.44 bits per heavy atom. The monoisotopic (exact) mass is 127 g/mol. The topological polar surface area (TPSA) is 23.5 Å². The predicted molar refractivity (Wildman–Crippen MR) is 38.1 cm³/mol. The van der Waals surface area contributed by atoms with Crippen molar-refractivity contribution in [2.75, 3.05) is 7.05 Å². The Hall–Kier alpha value is -0.760. The Bertz CT molecular complexity index is 121. The van der Waals surface area contributed by atoms with Gasteiger partial charge >= 0.3 is 0 Å². The molecule has 0 aromatic carbocycles. The summed E-state index contributed by atoms with van der Waals surface area (Å²) in [6.07, 6.45) is 5.29. The maximum absolute atomic E-state index is 8.58. The third-order valence-electron chi connectivity index (χ3n) is 0.731. The smallest absolute Gasteiger partial charge is 0.0334 e. The highest BCUT2D eigenvalue weighted by atomic mass is 16.5. The van der Waals surface area contributed by atoms with Gasteiger partial charge in [0.15, 0.2) is 0 Å². The predicted octanol–water partition coefficient (Wildman–Crippen LogP) is 1.79. The molecule has 0 saturated carbocycles. The van der Waals surface area contributed by atoms with Crippen molar-refractivity contribution >= 4 is 0 Å².